The molecule has 1 heterocycles. The zero-order valence-corrected chi connectivity index (χ0v) is 12.9. The van der Waals surface area contributed by atoms with Gasteiger partial charge in [0.2, 0.25) is 5.91 Å². The van der Waals surface area contributed by atoms with E-state index in [0.717, 1.165) is 25.2 Å². The Morgan fingerprint density at radius 3 is 2.75 bits per heavy atom. The summed E-state index contributed by atoms with van der Waals surface area (Å²) in [7, 11) is 0. The molecule has 1 saturated heterocycles. The first-order chi connectivity index (χ1) is 9.60. The van der Waals surface area contributed by atoms with Gasteiger partial charge in [-0.2, -0.15) is 0 Å². The van der Waals surface area contributed by atoms with Crippen LogP contribution in [0, 0.1) is 11.8 Å². The van der Waals surface area contributed by atoms with E-state index in [-0.39, 0.29) is 18.1 Å². The highest BCUT2D eigenvalue weighted by Crippen LogP contribution is 2.31. The second-order valence-electron chi connectivity index (χ2n) is 6.84. The Bertz CT molecular complexity index is 320. The van der Waals surface area contributed by atoms with Crippen molar-refractivity contribution in [1.29, 1.82) is 0 Å². The van der Waals surface area contributed by atoms with Crippen LogP contribution in [0.4, 0.5) is 0 Å². The molecular weight excluding hydrogens is 252 g/mol. The Balaban J connectivity index is 1.78. The molecule has 0 bridgehead atoms. The van der Waals surface area contributed by atoms with Crippen molar-refractivity contribution in [2.24, 2.45) is 17.6 Å². The highest BCUT2D eigenvalue weighted by atomic mass is 16.5. The Labute approximate surface area is 122 Å². The molecule has 20 heavy (non-hydrogen) atoms. The third kappa shape index (κ3) is 4.19. The van der Waals surface area contributed by atoms with Crippen molar-refractivity contribution in [2.45, 2.75) is 77.0 Å². The molecule has 0 spiro atoms. The number of nitrogens with one attached hydrogen (secondary N) is 1. The maximum Gasteiger partial charge on any atom is 0.249 e. The van der Waals surface area contributed by atoms with Crippen LogP contribution in [0.3, 0.4) is 0 Å². The second kappa shape index (κ2) is 7.41. The number of hydrogen-bond donors (Lipinski definition) is 2. The lowest BCUT2D eigenvalue weighted by Crippen LogP contribution is -2.43. The molecular formula is C16H30N2O2. The van der Waals surface area contributed by atoms with E-state index < -0.39 is 0 Å². The molecule has 1 saturated carbocycles. The average molecular weight is 282 g/mol. The average Bonchev–Trinajstić information content (AvgIpc) is 3.04. The number of amides is 1. The number of rotatable bonds is 6. The molecule has 4 heteroatoms. The molecule has 4 nitrogen and oxygen atoms in total. The molecule has 4 atom stereocenters. The highest BCUT2D eigenvalue weighted by molar-refractivity contribution is 5.81. The summed E-state index contributed by atoms with van der Waals surface area (Å²) in [4.78, 5) is 12.3. The second-order valence-corrected chi connectivity index (χ2v) is 6.84. The minimum absolute atomic E-state index is 0.0751. The van der Waals surface area contributed by atoms with Gasteiger partial charge in [-0.1, -0.05) is 26.7 Å². The predicted octanol–water partition coefficient (Wildman–Crippen LogP) is 2.21. The number of carbonyl (C=O) groups excluding carboxylic acids is 1. The van der Waals surface area contributed by atoms with Crippen LogP contribution in [0.2, 0.25) is 0 Å². The standard InChI is InChI=1S/C16H30N2O2/c1-11(2)6-7-12-4-3-5-14(12)18-16(19)15-9-8-13(10-17)20-15/h11-15H,3-10,17H2,1-2H3,(H,18,19)/t12?,13-,14?,15+/m1/s1. The Kier molecular flexibility index (Phi) is 5.85. The fourth-order valence-corrected chi connectivity index (χ4v) is 3.47. The monoisotopic (exact) mass is 282 g/mol. The van der Waals surface area contributed by atoms with E-state index in [1.54, 1.807) is 0 Å². The summed E-state index contributed by atoms with van der Waals surface area (Å²) in [6.45, 7) is 5.05. The molecule has 1 aliphatic heterocycles. The van der Waals surface area contributed by atoms with Gasteiger partial charge in [-0.25, -0.2) is 0 Å². The molecule has 2 fully saturated rings. The SMILES string of the molecule is CC(C)CCC1CCCC1NC(=O)[C@@H]1CC[C@H](CN)O1. The first-order valence-corrected chi connectivity index (χ1v) is 8.26. The van der Waals surface area contributed by atoms with E-state index in [9.17, 15) is 4.79 Å². The van der Waals surface area contributed by atoms with Gasteiger partial charge >= 0.3 is 0 Å². The Morgan fingerprint density at radius 2 is 2.10 bits per heavy atom. The Morgan fingerprint density at radius 1 is 1.30 bits per heavy atom. The van der Waals surface area contributed by atoms with Crippen LogP contribution >= 0.6 is 0 Å². The lowest BCUT2D eigenvalue weighted by Gasteiger charge is -2.23. The van der Waals surface area contributed by atoms with Crippen molar-refractivity contribution in [3.05, 3.63) is 0 Å². The van der Waals surface area contributed by atoms with Crippen LogP contribution in [0.5, 0.6) is 0 Å². The number of hydrogen-bond acceptors (Lipinski definition) is 3. The van der Waals surface area contributed by atoms with Crippen LogP contribution < -0.4 is 11.1 Å². The number of ether oxygens (including phenoxy) is 1. The molecule has 0 aromatic heterocycles. The van der Waals surface area contributed by atoms with E-state index in [2.05, 4.69) is 19.2 Å². The molecule has 0 radical (unpaired) electrons. The Hall–Kier alpha value is -0.610. The molecule has 2 aliphatic rings. The zero-order valence-electron chi connectivity index (χ0n) is 12.9. The van der Waals surface area contributed by atoms with Gasteiger partial charge in [0.15, 0.2) is 0 Å². The molecule has 1 amide bonds. The number of nitrogens with two attached hydrogens (primary N) is 1. The minimum Gasteiger partial charge on any atom is -0.364 e. The highest BCUT2D eigenvalue weighted by Gasteiger charge is 2.34. The third-order valence-electron chi connectivity index (χ3n) is 4.76. The van der Waals surface area contributed by atoms with Gasteiger partial charge < -0.3 is 15.8 Å². The van der Waals surface area contributed by atoms with Crippen LogP contribution in [0.15, 0.2) is 0 Å². The first kappa shape index (κ1) is 15.8. The van der Waals surface area contributed by atoms with Crippen LogP contribution in [-0.4, -0.2) is 30.7 Å². The first-order valence-electron chi connectivity index (χ1n) is 8.26. The fraction of sp³-hybridized carbons (Fsp3) is 0.938. The molecule has 2 unspecified atom stereocenters. The van der Waals surface area contributed by atoms with Crippen molar-refractivity contribution in [2.75, 3.05) is 6.54 Å². The van der Waals surface area contributed by atoms with E-state index in [0.29, 0.717) is 18.5 Å². The van der Waals surface area contributed by atoms with Crippen LogP contribution in [0.1, 0.15) is 58.8 Å². The van der Waals surface area contributed by atoms with E-state index in [4.69, 9.17) is 10.5 Å². The third-order valence-corrected chi connectivity index (χ3v) is 4.76. The molecule has 1 aliphatic carbocycles. The van der Waals surface area contributed by atoms with Gasteiger partial charge in [0.25, 0.3) is 0 Å². The van der Waals surface area contributed by atoms with Crippen molar-refractivity contribution in [1.82, 2.24) is 5.32 Å². The largest absolute Gasteiger partial charge is 0.364 e. The van der Waals surface area contributed by atoms with Crippen molar-refractivity contribution in [3.63, 3.8) is 0 Å². The minimum atomic E-state index is -0.269. The molecule has 116 valence electrons. The topological polar surface area (TPSA) is 64.4 Å². The van der Waals surface area contributed by atoms with Crippen LogP contribution in [-0.2, 0) is 9.53 Å². The smallest absolute Gasteiger partial charge is 0.249 e. The fourth-order valence-electron chi connectivity index (χ4n) is 3.47. The van der Waals surface area contributed by atoms with Gasteiger partial charge in [0.05, 0.1) is 6.10 Å². The van der Waals surface area contributed by atoms with Gasteiger partial charge in [-0.15, -0.1) is 0 Å². The lowest BCUT2D eigenvalue weighted by atomic mass is 9.93. The van der Waals surface area contributed by atoms with E-state index in [1.807, 2.05) is 0 Å². The lowest BCUT2D eigenvalue weighted by molar-refractivity contribution is -0.132. The van der Waals surface area contributed by atoms with E-state index in [1.165, 1.54) is 25.7 Å². The summed E-state index contributed by atoms with van der Waals surface area (Å²) in [5, 5.41) is 3.23. The van der Waals surface area contributed by atoms with E-state index >= 15 is 0 Å². The van der Waals surface area contributed by atoms with Crippen LogP contribution in [0.25, 0.3) is 0 Å². The zero-order chi connectivity index (χ0) is 14.5. The summed E-state index contributed by atoms with van der Waals surface area (Å²) < 4.78 is 5.68. The van der Waals surface area contributed by atoms with Crippen molar-refractivity contribution >= 4 is 5.91 Å². The summed E-state index contributed by atoms with van der Waals surface area (Å²) in [6, 6.07) is 0.363. The molecule has 0 aromatic carbocycles. The van der Waals surface area contributed by atoms with Crippen molar-refractivity contribution < 1.29 is 9.53 Å². The molecule has 3 N–H and O–H groups in total. The summed E-state index contributed by atoms with van der Waals surface area (Å²) in [6.07, 6.45) is 7.65. The number of carbonyl (C=O) groups is 1. The quantitative estimate of drug-likeness (QED) is 0.785. The maximum atomic E-state index is 12.3. The van der Waals surface area contributed by atoms with Gasteiger partial charge in [0.1, 0.15) is 6.10 Å². The van der Waals surface area contributed by atoms with Gasteiger partial charge in [-0.3, -0.25) is 4.79 Å². The summed E-state index contributed by atoms with van der Waals surface area (Å²) in [5.41, 5.74) is 5.59. The summed E-state index contributed by atoms with van der Waals surface area (Å²) >= 11 is 0. The van der Waals surface area contributed by atoms with Gasteiger partial charge in [0, 0.05) is 12.6 Å². The maximum absolute atomic E-state index is 12.3. The normalized spacial score (nSPS) is 33.8. The molecule has 2 rings (SSSR count). The van der Waals surface area contributed by atoms with Gasteiger partial charge in [-0.05, 0) is 43.9 Å². The van der Waals surface area contributed by atoms with Crippen molar-refractivity contribution in [3.8, 4) is 0 Å². The molecule has 0 aromatic rings. The summed E-state index contributed by atoms with van der Waals surface area (Å²) in [5.74, 6) is 1.49. The predicted molar refractivity (Wildman–Crippen MR) is 80.3 cm³/mol.